The van der Waals surface area contributed by atoms with E-state index in [4.69, 9.17) is 4.74 Å². The quantitative estimate of drug-likeness (QED) is 0.387. The van der Waals surface area contributed by atoms with Crippen molar-refractivity contribution in [1.82, 2.24) is 15.6 Å². The lowest BCUT2D eigenvalue weighted by molar-refractivity contribution is 0.408. The molecule has 2 N–H and O–H groups in total. The predicted octanol–water partition coefficient (Wildman–Crippen LogP) is 2.95. The number of hydrogen-bond donors (Lipinski definition) is 2. The maximum absolute atomic E-state index is 5.44. The van der Waals surface area contributed by atoms with Gasteiger partial charge in [0.15, 0.2) is 5.96 Å². The predicted molar refractivity (Wildman–Crippen MR) is 119 cm³/mol. The lowest BCUT2D eigenvalue weighted by atomic mass is 10.1. The number of methoxy groups -OCH3 is 1. The second-order valence-corrected chi connectivity index (χ2v) is 5.98. The number of nitrogens with one attached hydrogen (secondary N) is 2. The van der Waals surface area contributed by atoms with Crippen molar-refractivity contribution in [2.75, 3.05) is 33.2 Å². The molecule has 0 bridgehead atoms. The summed E-state index contributed by atoms with van der Waals surface area (Å²) >= 11 is 0. The molecule has 0 radical (unpaired) electrons. The van der Waals surface area contributed by atoms with Crippen LogP contribution in [0.3, 0.4) is 0 Å². The normalized spacial score (nSPS) is 10.7. The molecule has 2 rings (SSSR count). The number of aromatic nitrogens is 1. The number of aliphatic imine (C=N–C) groups is 1. The summed E-state index contributed by atoms with van der Waals surface area (Å²) in [5, 5.41) is 6.60. The first-order valence-electron chi connectivity index (χ1n) is 8.24. The van der Waals surface area contributed by atoms with Crippen molar-refractivity contribution in [3.05, 3.63) is 53.2 Å². The number of aryl methyl sites for hydroxylation is 1. The van der Waals surface area contributed by atoms with Crippen molar-refractivity contribution in [1.29, 1.82) is 0 Å². The SMILES string of the molecule is CN=C(NCc1cccc(N(C)C)n1)NCc1ccc(C)cc1OC.I. The monoisotopic (exact) mass is 469 g/mol. The highest BCUT2D eigenvalue weighted by molar-refractivity contribution is 14.0. The van der Waals surface area contributed by atoms with Crippen LogP contribution in [0.2, 0.25) is 0 Å². The van der Waals surface area contributed by atoms with Gasteiger partial charge in [-0.15, -0.1) is 24.0 Å². The highest BCUT2D eigenvalue weighted by atomic mass is 127. The number of benzene rings is 1. The van der Waals surface area contributed by atoms with Gasteiger partial charge in [-0.2, -0.15) is 0 Å². The average molecular weight is 469 g/mol. The molecule has 0 atom stereocenters. The van der Waals surface area contributed by atoms with Gasteiger partial charge in [-0.3, -0.25) is 4.99 Å². The molecular weight excluding hydrogens is 441 g/mol. The largest absolute Gasteiger partial charge is 0.496 e. The van der Waals surface area contributed by atoms with Gasteiger partial charge in [0.05, 0.1) is 19.3 Å². The van der Waals surface area contributed by atoms with Gasteiger partial charge >= 0.3 is 0 Å². The van der Waals surface area contributed by atoms with E-state index in [0.29, 0.717) is 13.1 Å². The number of guanidine groups is 1. The first-order valence-corrected chi connectivity index (χ1v) is 8.24. The van der Waals surface area contributed by atoms with Crippen molar-refractivity contribution < 1.29 is 4.74 Å². The Kier molecular flexibility index (Phi) is 9.18. The molecule has 26 heavy (non-hydrogen) atoms. The number of hydrogen-bond acceptors (Lipinski definition) is 4. The highest BCUT2D eigenvalue weighted by Crippen LogP contribution is 2.19. The Balaban J connectivity index is 0.00000338. The van der Waals surface area contributed by atoms with Crippen molar-refractivity contribution in [3.63, 3.8) is 0 Å². The zero-order chi connectivity index (χ0) is 18.2. The summed E-state index contributed by atoms with van der Waals surface area (Å²) in [5.41, 5.74) is 3.22. The van der Waals surface area contributed by atoms with Gasteiger partial charge in [0.2, 0.25) is 0 Å². The van der Waals surface area contributed by atoms with E-state index in [1.54, 1.807) is 14.2 Å². The van der Waals surface area contributed by atoms with Gasteiger partial charge in [0, 0.05) is 33.3 Å². The summed E-state index contributed by atoms with van der Waals surface area (Å²) in [4.78, 5) is 10.8. The van der Waals surface area contributed by atoms with Gasteiger partial charge in [-0.25, -0.2) is 4.98 Å². The minimum atomic E-state index is 0. The van der Waals surface area contributed by atoms with Crippen LogP contribution >= 0.6 is 24.0 Å². The van der Waals surface area contributed by atoms with Gasteiger partial charge in [0.1, 0.15) is 11.6 Å². The van der Waals surface area contributed by atoms with E-state index in [2.05, 4.69) is 39.7 Å². The molecule has 0 aliphatic carbocycles. The number of nitrogens with zero attached hydrogens (tertiary/aromatic N) is 3. The van der Waals surface area contributed by atoms with Gasteiger partial charge < -0.3 is 20.3 Å². The van der Waals surface area contributed by atoms with Crippen molar-refractivity contribution in [3.8, 4) is 5.75 Å². The molecule has 142 valence electrons. The zero-order valence-electron chi connectivity index (χ0n) is 16.0. The molecule has 1 heterocycles. The maximum atomic E-state index is 5.44. The fourth-order valence-electron chi connectivity index (χ4n) is 2.39. The number of rotatable bonds is 6. The molecule has 0 unspecified atom stereocenters. The number of ether oxygens (including phenoxy) is 1. The summed E-state index contributed by atoms with van der Waals surface area (Å²) in [6.07, 6.45) is 0. The van der Waals surface area contributed by atoms with Crippen LogP contribution in [0.25, 0.3) is 0 Å². The maximum Gasteiger partial charge on any atom is 0.191 e. The molecule has 0 spiro atoms. The fraction of sp³-hybridized carbons (Fsp3) is 0.368. The minimum Gasteiger partial charge on any atom is -0.496 e. The summed E-state index contributed by atoms with van der Waals surface area (Å²) in [7, 11) is 7.41. The average Bonchev–Trinajstić information content (AvgIpc) is 2.62. The third-order valence-corrected chi connectivity index (χ3v) is 3.80. The van der Waals surface area contributed by atoms with Crippen LogP contribution in [0.5, 0.6) is 5.75 Å². The molecule has 0 saturated carbocycles. The second-order valence-electron chi connectivity index (χ2n) is 5.98. The van der Waals surface area contributed by atoms with Crippen LogP contribution in [0, 0.1) is 6.92 Å². The molecule has 0 amide bonds. The van der Waals surface area contributed by atoms with Crippen molar-refractivity contribution in [2.45, 2.75) is 20.0 Å². The van der Waals surface area contributed by atoms with Crippen LogP contribution in [0.4, 0.5) is 5.82 Å². The molecule has 6 nitrogen and oxygen atoms in total. The first kappa shape index (κ1) is 22.0. The van der Waals surface area contributed by atoms with E-state index in [9.17, 15) is 0 Å². The lowest BCUT2D eigenvalue weighted by Gasteiger charge is -2.15. The zero-order valence-corrected chi connectivity index (χ0v) is 18.4. The van der Waals surface area contributed by atoms with E-state index in [0.717, 1.165) is 28.8 Å². The Morgan fingerprint density at radius 2 is 1.88 bits per heavy atom. The van der Waals surface area contributed by atoms with Crippen LogP contribution in [0.1, 0.15) is 16.8 Å². The van der Waals surface area contributed by atoms with E-state index < -0.39 is 0 Å². The highest BCUT2D eigenvalue weighted by Gasteiger charge is 2.05. The summed E-state index contributed by atoms with van der Waals surface area (Å²) in [6.45, 7) is 3.29. The van der Waals surface area contributed by atoms with Crippen LogP contribution in [-0.4, -0.2) is 39.2 Å². The molecule has 0 aliphatic rings. The van der Waals surface area contributed by atoms with Crippen molar-refractivity contribution >= 4 is 35.8 Å². The van der Waals surface area contributed by atoms with Gasteiger partial charge in [-0.1, -0.05) is 18.2 Å². The second kappa shape index (κ2) is 10.8. The summed E-state index contributed by atoms with van der Waals surface area (Å²) in [5.74, 6) is 2.54. The van der Waals surface area contributed by atoms with Crippen molar-refractivity contribution in [2.24, 2.45) is 4.99 Å². The Hall–Kier alpha value is -2.03. The summed E-state index contributed by atoms with van der Waals surface area (Å²) < 4.78 is 5.44. The van der Waals surface area contributed by atoms with E-state index in [-0.39, 0.29) is 24.0 Å². The van der Waals surface area contributed by atoms with E-state index >= 15 is 0 Å². The molecule has 1 aromatic heterocycles. The van der Waals surface area contributed by atoms with Gasteiger partial charge in [-0.05, 0) is 30.7 Å². The summed E-state index contributed by atoms with van der Waals surface area (Å²) in [6, 6.07) is 12.2. The molecule has 7 heteroatoms. The minimum absolute atomic E-state index is 0. The van der Waals surface area contributed by atoms with Crippen LogP contribution < -0.4 is 20.3 Å². The first-order chi connectivity index (χ1) is 12.0. The smallest absolute Gasteiger partial charge is 0.191 e. The molecule has 0 fully saturated rings. The molecule has 0 saturated heterocycles. The number of halogens is 1. The van der Waals surface area contributed by atoms with Gasteiger partial charge in [0.25, 0.3) is 0 Å². The molecule has 1 aromatic carbocycles. The topological polar surface area (TPSA) is 61.8 Å². The molecule has 2 aromatic rings. The standard InChI is InChI=1S/C19H27N5O.HI/c1-14-9-10-15(17(11-14)25-5)12-21-19(20-2)22-13-16-7-6-8-18(23-16)24(3)4;/h6-11H,12-13H2,1-5H3,(H2,20,21,22);1H. The number of anilines is 1. The van der Waals surface area contributed by atoms with Crippen LogP contribution in [0.15, 0.2) is 41.4 Å². The fourth-order valence-corrected chi connectivity index (χ4v) is 2.39. The Labute approximate surface area is 173 Å². The Bertz CT molecular complexity index is 734. The van der Waals surface area contributed by atoms with E-state index in [1.807, 2.05) is 43.3 Å². The van der Waals surface area contributed by atoms with E-state index in [1.165, 1.54) is 5.56 Å². The molecular formula is C19H28IN5O. The Morgan fingerprint density at radius 1 is 1.15 bits per heavy atom. The lowest BCUT2D eigenvalue weighted by Crippen LogP contribution is -2.36. The third-order valence-electron chi connectivity index (χ3n) is 3.80. The van der Waals surface area contributed by atoms with Crippen LogP contribution in [-0.2, 0) is 13.1 Å². The number of pyridine rings is 1. The molecule has 0 aliphatic heterocycles. The third kappa shape index (κ3) is 6.36. The Morgan fingerprint density at radius 3 is 2.54 bits per heavy atom.